The summed E-state index contributed by atoms with van der Waals surface area (Å²) in [5, 5.41) is 3.37. The maximum absolute atomic E-state index is 5.39. The second-order valence-corrected chi connectivity index (χ2v) is 3.79. The summed E-state index contributed by atoms with van der Waals surface area (Å²) in [6, 6.07) is 8.39. The summed E-state index contributed by atoms with van der Waals surface area (Å²) in [6.07, 6.45) is 7.85. The fourth-order valence-corrected chi connectivity index (χ4v) is 2.04. The zero-order chi connectivity index (χ0) is 9.80. The van der Waals surface area contributed by atoms with Crippen molar-refractivity contribution < 1.29 is 0 Å². The topological polar surface area (TPSA) is 12.0 Å². The van der Waals surface area contributed by atoms with Gasteiger partial charge in [0.05, 0.1) is 0 Å². The standard InChI is InChI=1S/C13H15N/c1-2-11-4-3-5-13(10-11)12-6-8-14-9-7-12/h1,3-5,10,12,14H,6-9H2. The number of terminal acetylenes is 1. The molecule has 72 valence electrons. The van der Waals surface area contributed by atoms with Crippen molar-refractivity contribution in [2.45, 2.75) is 18.8 Å². The van der Waals surface area contributed by atoms with Gasteiger partial charge in [-0.15, -0.1) is 6.42 Å². The van der Waals surface area contributed by atoms with Crippen LogP contribution in [0.5, 0.6) is 0 Å². The first-order valence-corrected chi connectivity index (χ1v) is 5.17. The van der Waals surface area contributed by atoms with Crippen molar-refractivity contribution in [2.75, 3.05) is 13.1 Å². The minimum absolute atomic E-state index is 0.699. The average molecular weight is 185 g/mol. The van der Waals surface area contributed by atoms with Gasteiger partial charge in [-0.2, -0.15) is 0 Å². The van der Waals surface area contributed by atoms with Gasteiger partial charge in [0.15, 0.2) is 0 Å². The maximum Gasteiger partial charge on any atom is 0.0245 e. The molecule has 0 unspecified atom stereocenters. The van der Waals surface area contributed by atoms with Gasteiger partial charge in [0.1, 0.15) is 0 Å². The molecule has 0 aliphatic carbocycles. The zero-order valence-electron chi connectivity index (χ0n) is 8.29. The van der Waals surface area contributed by atoms with Crippen LogP contribution in [0.1, 0.15) is 29.9 Å². The number of rotatable bonds is 1. The van der Waals surface area contributed by atoms with Gasteiger partial charge in [0.25, 0.3) is 0 Å². The van der Waals surface area contributed by atoms with Gasteiger partial charge >= 0.3 is 0 Å². The highest BCUT2D eigenvalue weighted by Crippen LogP contribution is 2.25. The molecule has 0 atom stereocenters. The second kappa shape index (κ2) is 4.30. The van der Waals surface area contributed by atoms with Crippen molar-refractivity contribution in [2.24, 2.45) is 0 Å². The largest absolute Gasteiger partial charge is 0.317 e. The van der Waals surface area contributed by atoms with E-state index in [9.17, 15) is 0 Å². The first kappa shape index (κ1) is 9.30. The summed E-state index contributed by atoms with van der Waals surface area (Å²) in [7, 11) is 0. The lowest BCUT2D eigenvalue weighted by molar-refractivity contribution is 0.460. The van der Waals surface area contributed by atoms with Crippen LogP contribution in [0.2, 0.25) is 0 Å². The highest BCUT2D eigenvalue weighted by atomic mass is 14.9. The quantitative estimate of drug-likeness (QED) is 0.661. The van der Waals surface area contributed by atoms with Gasteiger partial charge in [0, 0.05) is 5.56 Å². The van der Waals surface area contributed by atoms with Crippen LogP contribution in [0.15, 0.2) is 24.3 Å². The van der Waals surface area contributed by atoms with Gasteiger partial charge in [-0.1, -0.05) is 18.1 Å². The summed E-state index contributed by atoms with van der Waals surface area (Å²) < 4.78 is 0. The van der Waals surface area contributed by atoms with Crippen molar-refractivity contribution in [3.63, 3.8) is 0 Å². The van der Waals surface area contributed by atoms with Crippen LogP contribution in [0.3, 0.4) is 0 Å². The number of piperidine rings is 1. The molecule has 2 rings (SSSR count). The monoisotopic (exact) mass is 185 g/mol. The highest BCUT2D eigenvalue weighted by Gasteiger charge is 2.14. The summed E-state index contributed by atoms with van der Waals surface area (Å²) in [4.78, 5) is 0. The van der Waals surface area contributed by atoms with E-state index in [1.165, 1.54) is 18.4 Å². The molecule has 1 aromatic rings. The first-order valence-electron chi connectivity index (χ1n) is 5.17. The van der Waals surface area contributed by atoms with Gasteiger partial charge in [0.2, 0.25) is 0 Å². The first-order chi connectivity index (χ1) is 6.90. The van der Waals surface area contributed by atoms with Crippen LogP contribution in [0.25, 0.3) is 0 Å². The lowest BCUT2D eigenvalue weighted by Crippen LogP contribution is -2.26. The molecule has 1 heterocycles. The Bertz CT molecular complexity index is 342. The predicted octanol–water partition coefficient (Wildman–Crippen LogP) is 2.13. The van der Waals surface area contributed by atoms with E-state index < -0.39 is 0 Å². The van der Waals surface area contributed by atoms with Crippen LogP contribution >= 0.6 is 0 Å². The van der Waals surface area contributed by atoms with Gasteiger partial charge in [-0.25, -0.2) is 0 Å². The van der Waals surface area contributed by atoms with E-state index in [1.807, 2.05) is 6.07 Å². The molecule has 1 fully saturated rings. The van der Waals surface area contributed by atoms with Crippen molar-refractivity contribution >= 4 is 0 Å². The highest BCUT2D eigenvalue weighted by molar-refractivity contribution is 5.36. The number of benzene rings is 1. The normalized spacial score (nSPS) is 17.6. The van der Waals surface area contributed by atoms with Crippen LogP contribution in [0.4, 0.5) is 0 Å². The SMILES string of the molecule is C#Cc1cccc(C2CCNCC2)c1. The molecule has 1 heteroatoms. The molecule has 0 amide bonds. The molecule has 0 saturated carbocycles. The van der Waals surface area contributed by atoms with Crippen LogP contribution in [-0.4, -0.2) is 13.1 Å². The van der Waals surface area contributed by atoms with E-state index in [0.717, 1.165) is 18.7 Å². The third-order valence-electron chi connectivity index (χ3n) is 2.86. The molecule has 1 aliphatic heterocycles. The smallest absolute Gasteiger partial charge is 0.0245 e. The molecule has 0 radical (unpaired) electrons. The molecule has 14 heavy (non-hydrogen) atoms. The number of hydrogen-bond donors (Lipinski definition) is 1. The minimum atomic E-state index is 0.699. The molecule has 1 aromatic carbocycles. The Morgan fingerprint density at radius 3 is 2.79 bits per heavy atom. The Morgan fingerprint density at radius 2 is 2.07 bits per heavy atom. The molecule has 0 aromatic heterocycles. The molecular weight excluding hydrogens is 170 g/mol. The third kappa shape index (κ3) is 1.97. The second-order valence-electron chi connectivity index (χ2n) is 3.79. The average Bonchev–Trinajstić information content (AvgIpc) is 2.30. The van der Waals surface area contributed by atoms with Crippen molar-refractivity contribution in [3.8, 4) is 12.3 Å². The maximum atomic E-state index is 5.39. The molecule has 1 aliphatic rings. The van der Waals surface area contributed by atoms with E-state index >= 15 is 0 Å². The van der Waals surface area contributed by atoms with Gasteiger partial charge < -0.3 is 5.32 Å². The Morgan fingerprint density at radius 1 is 1.29 bits per heavy atom. The van der Waals surface area contributed by atoms with Crippen molar-refractivity contribution in [1.82, 2.24) is 5.32 Å². The van der Waals surface area contributed by atoms with Gasteiger partial charge in [-0.05, 0) is 49.5 Å². The van der Waals surface area contributed by atoms with Crippen LogP contribution in [0, 0.1) is 12.3 Å². The van der Waals surface area contributed by atoms with Gasteiger partial charge in [-0.3, -0.25) is 0 Å². The minimum Gasteiger partial charge on any atom is -0.317 e. The summed E-state index contributed by atoms with van der Waals surface area (Å²) in [5.41, 5.74) is 2.41. The lowest BCUT2D eigenvalue weighted by atomic mass is 9.89. The Balaban J connectivity index is 2.18. The fourth-order valence-electron chi connectivity index (χ4n) is 2.04. The molecule has 1 saturated heterocycles. The van der Waals surface area contributed by atoms with E-state index in [4.69, 9.17) is 6.42 Å². The molecule has 1 nitrogen and oxygen atoms in total. The Kier molecular flexibility index (Phi) is 2.86. The third-order valence-corrected chi connectivity index (χ3v) is 2.86. The lowest BCUT2D eigenvalue weighted by Gasteiger charge is -2.23. The molecular formula is C13H15N. The molecule has 0 spiro atoms. The number of hydrogen-bond acceptors (Lipinski definition) is 1. The summed E-state index contributed by atoms with van der Waals surface area (Å²) >= 11 is 0. The summed E-state index contributed by atoms with van der Waals surface area (Å²) in [6.45, 7) is 2.26. The predicted molar refractivity (Wildman–Crippen MR) is 59.2 cm³/mol. The van der Waals surface area contributed by atoms with Crippen molar-refractivity contribution in [1.29, 1.82) is 0 Å². The molecule has 0 bridgehead atoms. The van der Waals surface area contributed by atoms with Crippen LogP contribution < -0.4 is 5.32 Å². The fraction of sp³-hybridized carbons (Fsp3) is 0.385. The summed E-state index contributed by atoms with van der Waals surface area (Å²) in [5.74, 6) is 3.39. The zero-order valence-corrected chi connectivity index (χ0v) is 8.29. The Hall–Kier alpha value is -1.26. The van der Waals surface area contributed by atoms with Crippen LogP contribution in [-0.2, 0) is 0 Å². The van der Waals surface area contributed by atoms with E-state index in [1.54, 1.807) is 0 Å². The number of nitrogens with one attached hydrogen (secondary N) is 1. The molecule has 1 N–H and O–H groups in total. The van der Waals surface area contributed by atoms with Crippen molar-refractivity contribution in [3.05, 3.63) is 35.4 Å². The van der Waals surface area contributed by atoms with E-state index in [-0.39, 0.29) is 0 Å². The van der Waals surface area contributed by atoms with E-state index in [0.29, 0.717) is 5.92 Å². The Labute approximate surface area is 85.5 Å². The van der Waals surface area contributed by atoms with E-state index in [2.05, 4.69) is 29.4 Å².